The van der Waals surface area contributed by atoms with Gasteiger partial charge in [-0.05, 0) is 30.2 Å². The van der Waals surface area contributed by atoms with Gasteiger partial charge in [0.05, 0.1) is 18.4 Å². The van der Waals surface area contributed by atoms with Crippen molar-refractivity contribution in [3.8, 4) is 5.75 Å². The van der Waals surface area contributed by atoms with Crippen LogP contribution in [-0.2, 0) is 6.54 Å². The van der Waals surface area contributed by atoms with Crippen LogP contribution < -0.4 is 10.5 Å². The van der Waals surface area contributed by atoms with Crippen molar-refractivity contribution in [2.45, 2.75) is 13.5 Å². The maximum Gasteiger partial charge on any atom is 0.256 e. The molecule has 0 atom stereocenters. The zero-order valence-electron chi connectivity index (χ0n) is 12.6. The van der Waals surface area contributed by atoms with Gasteiger partial charge in [0.2, 0.25) is 0 Å². The Morgan fingerprint density at radius 2 is 1.90 bits per heavy atom. The van der Waals surface area contributed by atoms with E-state index in [2.05, 4.69) is 0 Å². The first-order valence-electron chi connectivity index (χ1n) is 6.77. The fraction of sp³-hybridized carbons (Fsp3) is 0.235. The van der Waals surface area contributed by atoms with Gasteiger partial charge in [0.1, 0.15) is 5.75 Å². The molecule has 21 heavy (non-hydrogen) atoms. The largest absolute Gasteiger partial charge is 0.495 e. The van der Waals surface area contributed by atoms with E-state index < -0.39 is 0 Å². The van der Waals surface area contributed by atoms with Gasteiger partial charge in [-0.3, -0.25) is 4.79 Å². The Labute approximate surface area is 125 Å². The van der Waals surface area contributed by atoms with E-state index in [9.17, 15) is 4.79 Å². The second kappa shape index (κ2) is 6.31. The van der Waals surface area contributed by atoms with E-state index in [-0.39, 0.29) is 5.91 Å². The van der Waals surface area contributed by atoms with Crippen LogP contribution in [-0.4, -0.2) is 25.0 Å². The zero-order chi connectivity index (χ0) is 15.4. The lowest BCUT2D eigenvalue weighted by Crippen LogP contribution is -2.27. The second-order valence-electron chi connectivity index (χ2n) is 5.01. The molecule has 0 radical (unpaired) electrons. The third kappa shape index (κ3) is 3.16. The number of aryl methyl sites for hydroxylation is 1. The summed E-state index contributed by atoms with van der Waals surface area (Å²) in [6, 6.07) is 13.2. The molecule has 0 saturated carbocycles. The highest BCUT2D eigenvalue weighted by molar-refractivity contribution is 6.00. The number of ether oxygens (including phenoxy) is 1. The van der Waals surface area contributed by atoms with E-state index in [1.54, 1.807) is 30.1 Å². The van der Waals surface area contributed by atoms with Gasteiger partial charge in [-0.1, -0.05) is 30.3 Å². The Bertz CT molecular complexity index is 653. The number of anilines is 1. The molecule has 2 rings (SSSR count). The third-order valence-electron chi connectivity index (χ3n) is 3.53. The summed E-state index contributed by atoms with van der Waals surface area (Å²) < 4.78 is 5.16. The Hall–Kier alpha value is -2.49. The number of para-hydroxylation sites is 1. The van der Waals surface area contributed by atoms with Crippen LogP contribution in [0.25, 0.3) is 0 Å². The van der Waals surface area contributed by atoms with Gasteiger partial charge < -0.3 is 15.4 Å². The Morgan fingerprint density at radius 1 is 1.19 bits per heavy atom. The molecule has 0 aliphatic carbocycles. The van der Waals surface area contributed by atoms with Crippen molar-refractivity contribution in [3.63, 3.8) is 0 Å². The molecule has 2 aromatic carbocycles. The van der Waals surface area contributed by atoms with E-state index in [0.717, 1.165) is 11.1 Å². The number of rotatable bonds is 4. The van der Waals surface area contributed by atoms with Crippen molar-refractivity contribution in [2.75, 3.05) is 19.9 Å². The van der Waals surface area contributed by atoms with Crippen molar-refractivity contribution in [3.05, 3.63) is 59.2 Å². The van der Waals surface area contributed by atoms with E-state index in [1.165, 1.54) is 7.11 Å². The summed E-state index contributed by atoms with van der Waals surface area (Å²) in [6.45, 7) is 2.58. The van der Waals surface area contributed by atoms with Crippen LogP contribution >= 0.6 is 0 Å². The first-order valence-corrected chi connectivity index (χ1v) is 6.77. The molecule has 0 saturated heterocycles. The van der Waals surface area contributed by atoms with Crippen LogP contribution in [0.4, 0.5) is 5.69 Å². The minimum atomic E-state index is -0.116. The average Bonchev–Trinajstić information content (AvgIpc) is 2.49. The highest BCUT2D eigenvalue weighted by atomic mass is 16.5. The monoisotopic (exact) mass is 284 g/mol. The minimum absolute atomic E-state index is 0.116. The average molecular weight is 284 g/mol. The molecule has 0 aliphatic rings. The Kier molecular flexibility index (Phi) is 4.48. The number of carbonyl (C=O) groups is 1. The molecule has 2 aromatic rings. The van der Waals surface area contributed by atoms with E-state index in [4.69, 9.17) is 10.5 Å². The number of methoxy groups -OCH3 is 1. The van der Waals surface area contributed by atoms with Gasteiger partial charge in [-0.2, -0.15) is 0 Å². The van der Waals surface area contributed by atoms with Crippen LogP contribution in [0, 0.1) is 6.92 Å². The summed E-state index contributed by atoms with van der Waals surface area (Å²) in [5.41, 5.74) is 9.11. The summed E-state index contributed by atoms with van der Waals surface area (Å²) >= 11 is 0. The predicted octanol–water partition coefficient (Wildman–Crippen LogP) is 2.86. The van der Waals surface area contributed by atoms with Crippen LogP contribution in [0.5, 0.6) is 5.75 Å². The Morgan fingerprint density at radius 3 is 2.57 bits per heavy atom. The number of nitrogens with two attached hydrogens (primary N) is 1. The van der Waals surface area contributed by atoms with Crippen molar-refractivity contribution in [2.24, 2.45) is 0 Å². The summed E-state index contributed by atoms with van der Waals surface area (Å²) in [7, 11) is 3.31. The van der Waals surface area contributed by atoms with Crippen molar-refractivity contribution >= 4 is 11.6 Å². The number of nitrogen functional groups attached to an aromatic ring is 1. The molecule has 0 spiro atoms. The lowest BCUT2D eigenvalue weighted by atomic mass is 10.1. The molecule has 4 heteroatoms. The van der Waals surface area contributed by atoms with Crippen molar-refractivity contribution in [1.29, 1.82) is 0 Å². The number of nitrogens with zero attached hydrogens (tertiary/aromatic N) is 1. The van der Waals surface area contributed by atoms with Gasteiger partial charge in [0.15, 0.2) is 0 Å². The number of carbonyl (C=O) groups excluding carboxylic acids is 1. The standard InChI is InChI=1S/C17H20N2O2/c1-12-7-4-5-8-13(12)11-19(2)17(20)14-9-6-10-15(21-3)16(14)18/h4-10H,11,18H2,1-3H3. The van der Waals surface area contributed by atoms with Crippen molar-refractivity contribution in [1.82, 2.24) is 4.90 Å². The minimum Gasteiger partial charge on any atom is -0.495 e. The first kappa shape index (κ1) is 14.9. The summed E-state index contributed by atoms with van der Waals surface area (Å²) in [5.74, 6) is 0.403. The highest BCUT2D eigenvalue weighted by Gasteiger charge is 2.17. The van der Waals surface area contributed by atoms with Crippen molar-refractivity contribution < 1.29 is 9.53 Å². The molecule has 0 bridgehead atoms. The fourth-order valence-electron chi connectivity index (χ4n) is 2.23. The molecule has 0 fully saturated rings. The van der Waals surface area contributed by atoms with Crippen LogP contribution in [0.15, 0.2) is 42.5 Å². The quantitative estimate of drug-likeness (QED) is 0.878. The maximum atomic E-state index is 12.5. The molecule has 0 aliphatic heterocycles. The normalized spacial score (nSPS) is 10.2. The highest BCUT2D eigenvalue weighted by Crippen LogP contribution is 2.26. The Balaban J connectivity index is 2.22. The molecular weight excluding hydrogens is 264 g/mol. The van der Waals surface area contributed by atoms with Crippen LogP contribution in [0.1, 0.15) is 21.5 Å². The first-order chi connectivity index (χ1) is 10.0. The molecule has 0 heterocycles. The molecule has 110 valence electrons. The number of hydrogen-bond donors (Lipinski definition) is 1. The smallest absolute Gasteiger partial charge is 0.256 e. The summed E-state index contributed by atoms with van der Waals surface area (Å²) in [4.78, 5) is 14.2. The molecule has 2 N–H and O–H groups in total. The van der Waals surface area contributed by atoms with E-state index in [0.29, 0.717) is 23.5 Å². The zero-order valence-corrected chi connectivity index (χ0v) is 12.6. The summed E-state index contributed by atoms with van der Waals surface area (Å²) in [6.07, 6.45) is 0. The summed E-state index contributed by atoms with van der Waals surface area (Å²) in [5, 5.41) is 0. The van der Waals surface area contributed by atoms with E-state index in [1.807, 2.05) is 31.2 Å². The number of benzene rings is 2. The maximum absolute atomic E-state index is 12.5. The number of hydrogen-bond acceptors (Lipinski definition) is 3. The SMILES string of the molecule is COc1cccc(C(=O)N(C)Cc2ccccc2C)c1N. The molecule has 1 amide bonds. The topological polar surface area (TPSA) is 55.6 Å². The fourth-order valence-corrected chi connectivity index (χ4v) is 2.23. The number of amides is 1. The molecule has 0 unspecified atom stereocenters. The lowest BCUT2D eigenvalue weighted by Gasteiger charge is -2.20. The third-order valence-corrected chi connectivity index (χ3v) is 3.53. The van der Waals surface area contributed by atoms with Gasteiger partial charge in [0, 0.05) is 13.6 Å². The van der Waals surface area contributed by atoms with Gasteiger partial charge in [-0.25, -0.2) is 0 Å². The van der Waals surface area contributed by atoms with Gasteiger partial charge in [0.25, 0.3) is 5.91 Å². The lowest BCUT2D eigenvalue weighted by molar-refractivity contribution is 0.0785. The van der Waals surface area contributed by atoms with Gasteiger partial charge >= 0.3 is 0 Å². The van der Waals surface area contributed by atoms with Crippen LogP contribution in [0.2, 0.25) is 0 Å². The van der Waals surface area contributed by atoms with E-state index >= 15 is 0 Å². The molecular formula is C17H20N2O2. The predicted molar refractivity (Wildman–Crippen MR) is 84.4 cm³/mol. The van der Waals surface area contributed by atoms with Crippen LogP contribution in [0.3, 0.4) is 0 Å². The second-order valence-corrected chi connectivity index (χ2v) is 5.01. The molecule has 4 nitrogen and oxygen atoms in total. The molecule has 0 aromatic heterocycles. The van der Waals surface area contributed by atoms with Gasteiger partial charge in [-0.15, -0.1) is 0 Å².